The molecule has 0 saturated heterocycles. The molecule has 1 heteroatoms. The Hall–Kier alpha value is -1.76. The first-order chi connectivity index (χ1) is 9.92. The Labute approximate surface area is 129 Å². The van der Waals surface area contributed by atoms with Crippen molar-refractivity contribution in [2.24, 2.45) is 0 Å². The molecule has 0 radical (unpaired) electrons. The van der Waals surface area contributed by atoms with Crippen LogP contribution < -0.4 is 4.74 Å². The zero-order chi connectivity index (χ0) is 15.5. The van der Waals surface area contributed by atoms with Crippen LogP contribution in [0.3, 0.4) is 0 Å². The Morgan fingerprint density at radius 3 is 1.76 bits per heavy atom. The maximum atomic E-state index is 5.91. The Morgan fingerprint density at radius 2 is 1.33 bits per heavy atom. The molecule has 0 amide bonds. The Kier molecular flexibility index (Phi) is 4.72. The van der Waals surface area contributed by atoms with E-state index in [0.29, 0.717) is 5.92 Å². The first kappa shape index (κ1) is 15.6. The summed E-state index contributed by atoms with van der Waals surface area (Å²) < 4.78 is 5.91. The molecule has 0 aromatic heterocycles. The molecular formula is C20H26O. The van der Waals surface area contributed by atoms with Crippen LogP contribution in [0.25, 0.3) is 0 Å². The van der Waals surface area contributed by atoms with Crippen molar-refractivity contribution in [3.8, 4) is 11.5 Å². The quantitative estimate of drug-likeness (QED) is 0.626. The third kappa shape index (κ3) is 3.87. The van der Waals surface area contributed by atoms with Gasteiger partial charge in [0.1, 0.15) is 11.5 Å². The topological polar surface area (TPSA) is 9.23 Å². The van der Waals surface area contributed by atoms with Gasteiger partial charge in [0.2, 0.25) is 0 Å². The molecule has 21 heavy (non-hydrogen) atoms. The van der Waals surface area contributed by atoms with E-state index in [-0.39, 0.29) is 5.41 Å². The molecule has 1 nitrogen and oxygen atoms in total. The van der Waals surface area contributed by atoms with Crippen molar-refractivity contribution in [3.63, 3.8) is 0 Å². The lowest BCUT2D eigenvalue weighted by Crippen LogP contribution is -2.14. The van der Waals surface area contributed by atoms with E-state index in [1.807, 2.05) is 12.1 Å². The van der Waals surface area contributed by atoms with Crippen molar-refractivity contribution in [2.45, 2.75) is 52.4 Å². The summed E-state index contributed by atoms with van der Waals surface area (Å²) in [5, 5.41) is 0. The highest BCUT2D eigenvalue weighted by Gasteiger charge is 2.17. The Morgan fingerprint density at radius 1 is 0.857 bits per heavy atom. The van der Waals surface area contributed by atoms with Gasteiger partial charge in [-0.05, 0) is 53.1 Å². The van der Waals surface area contributed by atoms with Crippen LogP contribution in [0.4, 0.5) is 0 Å². The molecule has 0 aliphatic heterocycles. The number of rotatable bonds is 5. The van der Waals surface area contributed by atoms with E-state index in [9.17, 15) is 0 Å². The van der Waals surface area contributed by atoms with E-state index in [1.165, 1.54) is 11.1 Å². The predicted molar refractivity (Wildman–Crippen MR) is 90.4 cm³/mol. The molecule has 0 heterocycles. The van der Waals surface area contributed by atoms with Gasteiger partial charge >= 0.3 is 0 Å². The molecule has 0 fully saturated rings. The number of ether oxygens (including phenoxy) is 1. The molecule has 0 saturated carbocycles. The van der Waals surface area contributed by atoms with Crippen molar-refractivity contribution in [2.75, 3.05) is 0 Å². The fraction of sp³-hybridized carbons (Fsp3) is 0.400. The highest BCUT2D eigenvalue weighted by molar-refractivity contribution is 5.36. The summed E-state index contributed by atoms with van der Waals surface area (Å²) in [5.74, 6) is 2.33. The third-order valence-corrected chi connectivity index (χ3v) is 4.30. The zero-order valence-corrected chi connectivity index (χ0v) is 13.8. The van der Waals surface area contributed by atoms with E-state index in [0.717, 1.165) is 17.9 Å². The lowest BCUT2D eigenvalue weighted by atomic mass is 9.82. The standard InChI is InChI=1S/C20H26O/c1-6-20(4,5)17-9-13-19(14-10-17)21-18-11-7-16(8-12-18)15(2)3/h7-15H,6H2,1-5H3. The third-order valence-electron chi connectivity index (χ3n) is 4.30. The lowest BCUT2D eigenvalue weighted by molar-refractivity contribution is 0.478. The minimum absolute atomic E-state index is 0.220. The highest BCUT2D eigenvalue weighted by atomic mass is 16.5. The number of hydrogen-bond donors (Lipinski definition) is 0. The van der Waals surface area contributed by atoms with Crippen molar-refractivity contribution in [3.05, 3.63) is 59.7 Å². The van der Waals surface area contributed by atoms with Crippen LogP contribution in [0.1, 0.15) is 58.1 Å². The van der Waals surface area contributed by atoms with Crippen molar-refractivity contribution >= 4 is 0 Å². The normalized spacial score (nSPS) is 11.7. The molecule has 0 bridgehead atoms. The molecule has 0 unspecified atom stereocenters. The van der Waals surface area contributed by atoms with Gasteiger partial charge in [0, 0.05) is 0 Å². The molecule has 2 aromatic carbocycles. The van der Waals surface area contributed by atoms with Crippen LogP contribution >= 0.6 is 0 Å². The number of benzene rings is 2. The van der Waals surface area contributed by atoms with E-state index < -0.39 is 0 Å². The van der Waals surface area contributed by atoms with Crippen LogP contribution in [-0.4, -0.2) is 0 Å². The average Bonchev–Trinajstić information content (AvgIpc) is 2.48. The highest BCUT2D eigenvalue weighted by Crippen LogP contribution is 2.30. The maximum Gasteiger partial charge on any atom is 0.127 e. The second-order valence-electron chi connectivity index (χ2n) is 6.59. The minimum atomic E-state index is 0.220. The summed E-state index contributed by atoms with van der Waals surface area (Å²) in [5.41, 5.74) is 2.91. The van der Waals surface area contributed by atoms with E-state index in [2.05, 4.69) is 71.0 Å². The molecule has 2 rings (SSSR count). The van der Waals surface area contributed by atoms with Crippen molar-refractivity contribution in [1.82, 2.24) is 0 Å². The van der Waals surface area contributed by atoms with Gasteiger partial charge in [0.25, 0.3) is 0 Å². The SMILES string of the molecule is CCC(C)(C)c1ccc(Oc2ccc(C(C)C)cc2)cc1. The van der Waals surface area contributed by atoms with E-state index in [1.54, 1.807) is 0 Å². The van der Waals surface area contributed by atoms with Crippen LogP contribution in [0.15, 0.2) is 48.5 Å². The summed E-state index contributed by atoms with van der Waals surface area (Å²) in [6.07, 6.45) is 1.13. The Balaban J connectivity index is 2.10. The second kappa shape index (κ2) is 6.34. The molecular weight excluding hydrogens is 256 g/mol. The summed E-state index contributed by atoms with van der Waals surface area (Å²) in [6.45, 7) is 11.2. The predicted octanol–water partition coefficient (Wildman–Crippen LogP) is 6.29. The zero-order valence-electron chi connectivity index (χ0n) is 13.8. The van der Waals surface area contributed by atoms with E-state index in [4.69, 9.17) is 4.74 Å². The first-order valence-electron chi connectivity index (χ1n) is 7.81. The van der Waals surface area contributed by atoms with Crippen LogP contribution in [0.2, 0.25) is 0 Å². The molecule has 2 aromatic rings. The molecule has 0 N–H and O–H groups in total. The molecule has 0 atom stereocenters. The van der Waals surface area contributed by atoms with Gasteiger partial charge in [0.15, 0.2) is 0 Å². The van der Waals surface area contributed by atoms with Crippen LogP contribution in [0.5, 0.6) is 11.5 Å². The van der Waals surface area contributed by atoms with Gasteiger partial charge in [-0.1, -0.05) is 58.9 Å². The fourth-order valence-electron chi connectivity index (χ4n) is 2.24. The molecule has 112 valence electrons. The van der Waals surface area contributed by atoms with Gasteiger partial charge in [0.05, 0.1) is 0 Å². The lowest BCUT2D eigenvalue weighted by Gasteiger charge is -2.23. The van der Waals surface area contributed by atoms with Crippen molar-refractivity contribution < 1.29 is 4.74 Å². The van der Waals surface area contributed by atoms with Crippen LogP contribution in [0, 0.1) is 0 Å². The van der Waals surface area contributed by atoms with Crippen LogP contribution in [-0.2, 0) is 5.41 Å². The molecule has 0 spiro atoms. The largest absolute Gasteiger partial charge is 0.457 e. The summed E-state index contributed by atoms with van der Waals surface area (Å²) >= 11 is 0. The smallest absolute Gasteiger partial charge is 0.127 e. The minimum Gasteiger partial charge on any atom is -0.457 e. The first-order valence-corrected chi connectivity index (χ1v) is 7.81. The average molecular weight is 282 g/mol. The second-order valence-corrected chi connectivity index (χ2v) is 6.59. The molecule has 0 aliphatic carbocycles. The van der Waals surface area contributed by atoms with E-state index >= 15 is 0 Å². The monoisotopic (exact) mass is 282 g/mol. The Bertz CT molecular complexity index is 562. The maximum absolute atomic E-state index is 5.91. The van der Waals surface area contributed by atoms with Gasteiger partial charge in [-0.25, -0.2) is 0 Å². The number of hydrogen-bond acceptors (Lipinski definition) is 1. The van der Waals surface area contributed by atoms with Gasteiger partial charge < -0.3 is 4.74 Å². The van der Waals surface area contributed by atoms with Crippen molar-refractivity contribution in [1.29, 1.82) is 0 Å². The van der Waals surface area contributed by atoms with Gasteiger partial charge in [-0.2, -0.15) is 0 Å². The summed E-state index contributed by atoms with van der Waals surface area (Å²) in [4.78, 5) is 0. The van der Waals surface area contributed by atoms with Gasteiger partial charge in [-0.15, -0.1) is 0 Å². The molecule has 0 aliphatic rings. The summed E-state index contributed by atoms with van der Waals surface area (Å²) in [6, 6.07) is 16.8. The fourth-order valence-corrected chi connectivity index (χ4v) is 2.24. The van der Waals surface area contributed by atoms with Gasteiger partial charge in [-0.3, -0.25) is 0 Å². The summed E-state index contributed by atoms with van der Waals surface area (Å²) in [7, 11) is 0.